The second-order valence-corrected chi connectivity index (χ2v) is 5.87. The summed E-state index contributed by atoms with van der Waals surface area (Å²) in [4.78, 5) is 4.90. The van der Waals surface area contributed by atoms with Crippen LogP contribution in [0.5, 0.6) is 0 Å². The molecule has 2 aromatic rings. The number of hydrogen-bond donors (Lipinski definition) is 1. The lowest BCUT2D eigenvalue weighted by Crippen LogP contribution is -1.88. The Morgan fingerprint density at radius 2 is 2.13 bits per heavy atom. The third kappa shape index (κ3) is 2.61. The van der Waals surface area contributed by atoms with Crippen LogP contribution in [-0.2, 0) is 0 Å². The molecule has 0 saturated heterocycles. The largest absolute Gasteiger partial charge is 0.397 e. The summed E-state index contributed by atoms with van der Waals surface area (Å²) in [5.41, 5.74) is 6.45. The van der Waals surface area contributed by atoms with E-state index in [2.05, 4.69) is 15.2 Å². The molecule has 0 radical (unpaired) electrons. The van der Waals surface area contributed by atoms with Crippen LogP contribution in [0.3, 0.4) is 0 Å². The molecule has 0 aliphatic rings. The zero-order valence-electron chi connectivity index (χ0n) is 7.88. The van der Waals surface area contributed by atoms with Crippen molar-refractivity contribution >= 4 is 40.5 Å². The van der Waals surface area contributed by atoms with Gasteiger partial charge in [0.15, 0.2) is 8.68 Å². The van der Waals surface area contributed by atoms with E-state index >= 15 is 0 Å². The molecule has 4 nitrogen and oxygen atoms in total. The summed E-state index contributed by atoms with van der Waals surface area (Å²) in [5.74, 6) is 0. The van der Waals surface area contributed by atoms with Gasteiger partial charge in [-0.1, -0.05) is 34.9 Å². The molecule has 15 heavy (non-hydrogen) atoms. The molecule has 0 aliphatic heterocycles. The normalized spacial score (nSPS) is 10.5. The van der Waals surface area contributed by atoms with E-state index in [0.717, 1.165) is 13.6 Å². The molecule has 0 aromatic carbocycles. The number of aromatic nitrogens is 3. The Bertz CT molecular complexity index is 457. The van der Waals surface area contributed by atoms with E-state index in [1.807, 2.05) is 12.3 Å². The molecule has 7 heteroatoms. The Kier molecular flexibility index (Phi) is 3.45. The number of nitrogen functional groups attached to an aromatic ring is 1. The Morgan fingerprint density at radius 3 is 2.80 bits per heavy atom. The highest BCUT2D eigenvalue weighted by molar-refractivity contribution is 8.03. The first-order valence-corrected chi connectivity index (χ1v) is 6.90. The molecule has 0 atom stereocenters. The van der Waals surface area contributed by atoms with Crippen molar-refractivity contribution in [1.29, 1.82) is 0 Å². The minimum absolute atomic E-state index is 0.670. The molecule has 0 unspecified atom stereocenters. The topological polar surface area (TPSA) is 64.7 Å². The first kappa shape index (κ1) is 10.7. The third-order valence-electron chi connectivity index (χ3n) is 1.57. The lowest BCUT2D eigenvalue weighted by Gasteiger charge is -1.99. The van der Waals surface area contributed by atoms with Gasteiger partial charge in [-0.05, 0) is 12.3 Å². The van der Waals surface area contributed by atoms with Gasteiger partial charge >= 0.3 is 0 Å². The smallest absolute Gasteiger partial charge is 0.179 e. The van der Waals surface area contributed by atoms with Gasteiger partial charge in [-0.15, -0.1) is 10.2 Å². The van der Waals surface area contributed by atoms with Gasteiger partial charge < -0.3 is 5.73 Å². The van der Waals surface area contributed by atoms with Crippen LogP contribution in [0.15, 0.2) is 32.0 Å². The van der Waals surface area contributed by atoms with Crippen LogP contribution in [0, 0.1) is 0 Å². The SMILES string of the molecule is CSc1nnc(Sc2ccncc2N)s1. The Labute approximate surface area is 99.7 Å². The molecular weight excluding hydrogens is 248 g/mol. The standard InChI is InChI=1S/C8H8N4S3/c1-13-7-11-12-8(15-7)14-6-2-3-10-4-5(6)9/h2-4H,9H2,1H3. The van der Waals surface area contributed by atoms with E-state index in [-0.39, 0.29) is 0 Å². The van der Waals surface area contributed by atoms with E-state index in [1.54, 1.807) is 35.5 Å². The second kappa shape index (κ2) is 4.82. The fourth-order valence-electron chi connectivity index (χ4n) is 0.902. The van der Waals surface area contributed by atoms with E-state index in [9.17, 15) is 0 Å². The fraction of sp³-hybridized carbons (Fsp3) is 0.125. The minimum atomic E-state index is 0.670. The van der Waals surface area contributed by atoms with Crippen molar-refractivity contribution in [2.24, 2.45) is 0 Å². The molecule has 0 bridgehead atoms. The molecule has 0 spiro atoms. The summed E-state index contributed by atoms with van der Waals surface area (Å²) in [6.07, 6.45) is 5.34. The fourth-order valence-corrected chi connectivity index (χ4v) is 3.31. The van der Waals surface area contributed by atoms with Crippen LogP contribution in [-0.4, -0.2) is 21.4 Å². The number of pyridine rings is 1. The lowest BCUT2D eigenvalue weighted by molar-refractivity contribution is 0.955. The molecule has 2 N–H and O–H groups in total. The van der Waals surface area contributed by atoms with Crippen molar-refractivity contribution in [3.63, 3.8) is 0 Å². The third-order valence-corrected chi connectivity index (χ3v) is 4.61. The summed E-state index contributed by atoms with van der Waals surface area (Å²) in [7, 11) is 0. The molecule has 2 aromatic heterocycles. The molecule has 78 valence electrons. The predicted octanol–water partition coefficient (Wildman–Crippen LogP) is 2.39. The summed E-state index contributed by atoms with van der Waals surface area (Å²) in [5, 5.41) is 8.07. The highest BCUT2D eigenvalue weighted by atomic mass is 32.2. The zero-order valence-corrected chi connectivity index (χ0v) is 10.3. The number of anilines is 1. The quantitative estimate of drug-likeness (QED) is 0.851. The average molecular weight is 256 g/mol. The van der Waals surface area contributed by atoms with Gasteiger partial charge in [0.2, 0.25) is 0 Å². The second-order valence-electron chi connectivity index (χ2n) is 2.55. The summed E-state index contributed by atoms with van der Waals surface area (Å²) in [6, 6.07) is 1.88. The van der Waals surface area contributed by atoms with Crippen molar-refractivity contribution in [1.82, 2.24) is 15.2 Å². The van der Waals surface area contributed by atoms with Crippen LogP contribution in [0.2, 0.25) is 0 Å². The van der Waals surface area contributed by atoms with Crippen LogP contribution < -0.4 is 5.73 Å². The average Bonchev–Trinajstić information content (AvgIpc) is 2.69. The van der Waals surface area contributed by atoms with E-state index in [1.165, 1.54) is 11.8 Å². The van der Waals surface area contributed by atoms with E-state index < -0.39 is 0 Å². The number of rotatable bonds is 3. The number of nitrogens with two attached hydrogens (primary N) is 1. The minimum Gasteiger partial charge on any atom is -0.397 e. The summed E-state index contributed by atoms with van der Waals surface area (Å²) < 4.78 is 1.86. The highest BCUT2D eigenvalue weighted by Gasteiger charge is 2.07. The van der Waals surface area contributed by atoms with Crippen molar-refractivity contribution in [3.8, 4) is 0 Å². The number of nitrogens with zero attached hydrogens (tertiary/aromatic N) is 3. The van der Waals surface area contributed by atoms with Gasteiger partial charge in [0.05, 0.1) is 11.9 Å². The maximum absolute atomic E-state index is 5.78. The molecular formula is C8H8N4S3. The Morgan fingerprint density at radius 1 is 1.33 bits per heavy atom. The van der Waals surface area contributed by atoms with E-state index in [0.29, 0.717) is 5.69 Å². The van der Waals surface area contributed by atoms with Gasteiger partial charge in [0, 0.05) is 11.1 Å². The lowest BCUT2D eigenvalue weighted by atomic mass is 10.4. The van der Waals surface area contributed by atoms with Crippen LogP contribution in [0.25, 0.3) is 0 Å². The molecule has 2 rings (SSSR count). The van der Waals surface area contributed by atoms with Gasteiger partial charge in [-0.25, -0.2) is 0 Å². The zero-order chi connectivity index (χ0) is 10.7. The van der Waals surface area contributed by atoms with Crippen LogP contribution in [0.4, 0.5) is 5.69 Å². The summed E-state index contributed by atoms with van der Waals surface area (Å²) in [6.45, 7) is 0. The Hall–Kier alpha value is -0.790. The van der Waals surface area contributed by atoms with Crippen molar-refractivity contribution in [3.05, 3.63) is 18.5 Å². The molecule has 2 heterocycles. The molecule has 0 amide bonds. The first-order chi connectivity index (χ1) is 7.29. The van der Waals surface area contributed by atoms with Crippen molar-refractivity contribution < 1.29 is 0 Å². The first-order valence-electron chi connectivity index (χ1n) is 4.04. The monoisotopic (exact) mass is 256 g/mol. The predicted molar refractivity (Wildman–Crippen MR) is 64.5 cm³/mol. The van der Waals surface area contributed by atoms with Gasteiger partial charge in [0.25, 0.3) is 0 Å². The molecule has 0 fully saturated rings. The van der Waals surface area contributed by atoms with Crippen molar-refractivity contribution in [2.45, 2.75) is 13.6 Å². The molecule has 0 saturated carbocycles. The maximum atomic E-state index is 5.78. The molecule has 0 aliphatic carbocycles. The van der Waals surface area contributed by atoms with Crippen LogP contribution >= 0.6 is 34.9 Å². The van der Waals surface area contributed by atoms with Crippen LogP contribution in [0.1, 0.15) is 0 Å². The number of hydrogen-bond acceptors (Lipinski definition) is 7. The van der Waals surface area contributed by atoms with Crippen molar-refractivity contribution in [2.75, 3.05) is 12.0 Å². The van der Waals surface area contributed by atoms with E-state index in [4.69, 9.17) is 5.73 Å². The van der Waals surface area contributed by atoms with Gasteiger partial charge in [0.1, 0.15) is 0 Å². The highest BCUT2D eigenvalue weighted by Crippen LogP contribution is 2.34. The Balaban J connectivity index is 2.18. The van der Waals surface area contributed by atoms with Gasteiger partial charge in [-0.3, -0.25) is 4.98 Å². The van der Waals surface area contributed by atoms with Gasteiger partial charge in [-0.2, -0.15) is 0 Å². The maximum Gasteiger partial charge on any atom is 0.179 e. The summed E-state index contributed by atoms with van der Waals surface area (Å²) >= 11 is 4.67. The number of thioether (sulfide) groups is 1.